The number of nitrogens with zero attached hydrogens (tertiary/aromatic N) is 1. The molecule has 3 aliphatic rings. The summed E-state index contributed by atoms with van der Waals surface area (Å²) in [4.78, 5) is 2.78. The maximum Gasteiger partial charge on any atom is 0.0195 e. The molecule has 2 saturated carbocycles. The van der Waals surface area contributed by atoms with Crippen LogP contribution in [-0.4, -0.2) is 37.1 Å². The molecule has 3 rings (SSSR count). The van der Waals surface area contributed by atoms with Crippen molar-refractivity contribution in [3.05, 3.63) is 0 Å². The van der Waals surface area contributed by atoms with Gasteiger partial charge in [-0.25, -0.2) is 0 Å². The monoisotopic (exact) mass is 292 g/mol. The van der Waals surface area contributed by atoms with Crippen LogP contribution in [0.15, 0.2) is 0 Å². The van der Waals surface area contributed by atoms with E-state index < -0.39 is 0 Å². The van der Waals surface area contributed by atoms with Gasteiger partial charge in [0.05, 0.1) is 0 Å². The third-order valence-electron chi connectivity index (χ3n) is 6.17. The average Bonchev–Trinajstić information content (AvgIpc) is 2.55. The van der Waals surface area contributed by atoms with Crippen molar-refractivity contribution < 1.29 is 0 Å². The Morgan fingerprint density at radius 1 is 0.714 bits per heavy atom. The molecule has 0 amide bonds. The highest BCUT2D eigenvalue weighted by molar-refractivity contribution is 4.81. The first-order valence-corrected chi connectivity index (χ1v) is 9.86. The van der Waals surface area contributed by atoms with E-state index in [0.29, 0.717) is 0 Å². The summed E-state index contributed by atoms with van der Waals surface area (Å²) < 4.78 is 0. The van der Waals surface area contributed by atoms with E-state index in [4.69, 9.17) is 0 Å². The van der Waals surface area contributed by atoms with Gasteiger partial charge in [-0.15, -0.1) is 0 Å². The molecule has 122 valence electrons. The van der Waals surface area contributed by atoms with E-state index >= 15 is 0 Å². The molecule has 0 bridgehead atoms. The van der Waals surface area contributed by atoms with Crippen molar-refractivity contribution in [2.75, 3.05) is 26.2 Å². The first-order valence-electron chi connectivity index (χ1n) is 9.86. The molecular formula is C19H36N2. The van der Waals surface area contributed by atoms with Gasteiger partial charge >= 0.3 is 0 Å². The molecular weight excluding hydrogens is 256 g/mol. The third-order valence-corrected chi connectivity index (χ3v) is 6.17. The average molecular weight is 293 g/mol. The first-order chi connectivity index (χ1) is 10.4. The van der Waals surface area contributed by atoms with Crippen LogP contribution in [0.4, 0.5) is 0 Å². The molecule has 0 aromatic carbocycles. The second-order valence-corrected chi connectivity index (χ2v) is 8.02. The summed E-state index contributed by atoms with van der Waals surface area (Å²) in [5.74, 6) is 1.99. The minimum atomic E-state index is 0.782. The van der Waals surface area contributed by atoms with Crippen LogP contribution in [0.5, 0.6) is 0 Å². The Hall–Kier alpha value is -0.0800. The van der Waals surface area contributed by atoms with Crippen LogP contribution in [0.2, 0.25) is 0 Å². The van der Waals surface area contributed by atoms with E-state index in [1.54, 1.807) is 0 Å². The highest BCUT2D eigenvalue weighted by Gasteiger charge is 2.24. The highest BCUT2D eigenvalue weighted by Crippen LogP contribution is 2.26. The lowest BCUT2D eigenvalue weighted by Gasteiger charge is -2.37. The van der Waals surface area contributed by atoms with Crippen LogP contribution in [0.3, 0.4) is 0 Å². The minimum Gasteiger partial charge on any atom is -0.312 e. The van der Waals surface area contributed by atoms with Crippen LogP contribution in [0.25, 0.3) is 0 Å². The van der Waals surface area contributed by atoms with Gasteiger partial charge < -0.3 is 10.2 Å². The van der Waals surface area contributed by atoms with Crippen molar-refractivity contribution in [1.82, 2.24) is 10.2 Å². The smallest absolute Gasteiger partial charge is 0.0195 e. The molecule has 0 aromatic heterocycles. The third kappa shape index (κ3) is 5.25. The van der Waals surface area contributed by atoms with Gasteiger partial charge in [-0.2, -0.15) is 0 Å². The van der Waals surface area contributed by atoms with Crippen molar-refractivity contribution in [2.45, 2.75) is 83.1 Å². The van der Waals surface area contributed by atoms with E-state index in [1.165, 1.54) is 103 Å². The molecule has 1 saturated heterocycles. The first kappa shape index (κ1) is 15.8. The van der Waals surface area contributed by atoms with Gasteiger partial charge in [0.2, 0.25) is 0 Å². The lowest BCUT2D eigenvalue weighted by atomic mass is 9.88. The Balaban J connectivity index is 1.36. The lowest BCUT2D eigenvalue weighted by Crippen LogP contribution is -2.48. The largest absolute Gasteiger partial charge is 0.312 e. The number of hydrogen-bond acceptors (Lipinski definition) is 2. The Kier molecular flexibility index (Phi) is 6.42. The zero-order valence-electron chi connectivity index (χ0n) is 14.0. The van der Waals surface area contributed by atoms with E-state index in [-0.39, 0.29) is 0 Å². The molecule has 0 radical (unpaired) electrons. The van der Waals surface area contributed by atoms with Crippen molar-refractivity contribution in [3.63, 3.8) is 0 Å². The quantitative estimate of drug-likeness (QED) is 0.817. The Morgan fingerprint density at radius 2 is 1.38 bits per heavy atom. The zero-order chi connectivity index (χ0) is 14.3. The summed E-state index contributed by atoms with van der Waals surface area (Å²) in [6.45, 7) is 5.37. The number of piperidine rings is 1. The summed E-state index contributed by atoms with van der Waals surface area (Å²) in [5.41, 5.74) is 0. The number of likely N-dealkylation sites (tertiary alicyclic amines) is 1. The van der Waals surface area contributed by atoms with Crippen molar-refractivity contribution in [1.29, 1.82) is 0 Å². The maximum absolute atomic E-state index is 3.92. The zero-order valence-corrected chi connectivity index (χ0v) is 14.0. The van der Waals surface area contributed by atoms with Crippen molar-refractivity contribution in [3.8, 4) is 0 Å². The van der Waals surface area contributed by atoms with E-state index in [1.807, 2.05) is 0 Å². The predicted octanol–water partition coefficient (Wildman–Crippen LogP) is 4.20. The van der Waals surface area contributed by atoms with Gasteiger partial charge in [0, 0.05) is 19.1 Å². The van der Waals surface area contributed by atoms with Crippen LogP contribution >= 0.6 is 0 Å². The minimum absolute atomic E-state index is 0.782. The van der Waals surface area contributed by atoms with Crippen LogP contribution in [-0.2, 0) is 0 Å². The van der Waals surface area contributed by atoms with Crippen LogP contribution in [0.1, 0.15) is 77.0 Å². The molecule has 1 unspecified atom stereocenters. The van der Waals surface area contributed by atoms with Gasteiger partial charge in [0.15, 0.2) is 0 Å². The summed E-state index contributed by atoms with van der Waals surface area (Å²) >= 11 is 0. The Bertz CT molecular complexity index is 279. The van der Waals surface area contributed by atoms with Gasteiger partial charge in [0.1, 0.15) is 0 Å². The second kappa shape index (κ2) is 8.53. The van der Waals surface area contributed by atoms with E-state index in [0.717, 1.165) is 17.9 Å². The fourth-order valence-electron chi connectivity index (χ4n) is 4.85. The molecule has 1 atom stereocenters. The molecule has 2 heteroatoms. The molecule has 3 fully saturated rings. The van der Waals surface area contributed by atoms with Gasteiger partial charge in [-0.05, 0) is 63.5 Å². The van der Waals surface area contributed by atoms with Crippen LogP contribution in [0, 0.1) is 11.8 Å². The highest BCUT2D eigenvalue weighted by atomic mass is 15.2. The lowest BCUT2D eigenvalue weighted by molar-refractivity contribution is 0.146. The van der Waals surface area contributed by atoms with Gasteiger partial charge in [-0.3, -0.25) is 0 Å². The van der Waals surface area contributed by atoms with Crippen molar-refractivity contribution >= 4 is 0 Å². The predicted molar refractivity (Wildman–Crippen MR) is 90.6 cm³/mol. The Labute approximate surface area is 132 Å². The Morgan fingerprint density at radius 3 is 2.10 bits per heavy atom. The van der Waals surface area contributed by atoms with Gasteiger partial charge in [0.25, 0.3) is 0 Å². The number of rotatable bonds is 5. The number of hydrogen-bond donors (Lipinski definition) is 1. The summed E-state index contributed by atoms with van der Waals surface area (Å²) in [6, 6.07) is 0.782. The summed E-state index contributed by atoms with van der Waals surface area (Å²) in [7, 11) is 0. The van der Waals surface area contributed by atoms with Crippen molar-refractivity contribution in [2.24, 2.45) is 11.8 Å². The maximum atomic E-state index is 3.92. The molecule has 2 nitrogen and oxygen atoms in total. The second-order valence-electron chi connectivity index (χ2n) is 8.02. The fourth-order valence-corrected chi connectivity index (χ4v) is 4.85. The molecule has 21 heavy (non-hydrogen) atoms. The molecule has 2 aliphatic carbocycles. The summed E-state index contributed by atoms with van der Waals surface area (Å²) in [6.07, 6.45) is 17.7. The molecule has 0 aromatic rings. The SMILES string of the molecule is C1CCC(CNC2CCCN(CC3CCCCC3)C2)CC1. The van der Waals surface area contributed by atoms with Gasteiger partial charge in [-0.1, -0.05) is 38.5 Å². The normalized spacial score (nSPS) is 30.6. The number of nitrogens with one attached hydrogen (secondary N) is 1. The topological polar surface area (TPSA) is 15.3 Å². The standard InChI is InChI=1S/C19H36N2/c1-3-8-17(9-4-1)14-20-19-12-7-13-21(16-19)15-18-10-5-2-6-11-18/h17-20H,1-16H2. The molecule has 1 aliphatic heterocycles. The molecule has 1 N–H and O–H groups in total. The van der Waals surface area contributed by atoms with E-state index in [9.17, 15) is 0 Å². The van der Waals surface area contributed by atoms with E-state index in [2.05, 4.69) is 10.2 Å². The summed E-state index contributed by atoms with van der Waals surface area (Å²) in [5, 5.41) is 3.92. The van der Waals surface area contributed by atoms with Crippen LogP contribution < -0.4 is 5.32 Å². The molecule has 0 spiro atoms. The fraction of sp³-hybridized carbons (Fsp3) is 1.00. The molecule has 1 heterocycles.